The Kier molecular flexibility index (Phi) is 4.71. The van der Waals surface area contributed by atoms with E-state index in [9.17, 15) is 0 Å². The first kappa shape index (κ1) is 12.9. The Morgan fingerprint density at radius 1 is 1.25 bits per heavy atom. The average Bonchev–Trinajstić information content (AvgIpc) is 2.26. The summed E-state index contributed by atoms with van der Waals surface area (Å²) in [7, 11) is 6.19. The minimum absolute atomic E-state index is 0.0497. The molecule has 0 amide bonds. The Labute approximate surface area is 98.1 Å². The van der Waals surface area contributed by atoms with Crippen molar-refractivity contribution in [3.63, 3.8) is 0 Å². The first-order valence-electron chi connectivity index (χ1n) is 5.58. The second kappa shape index (κ2) is 5.82. The minimum atomic E-state index is 0.0497. The molecule has 1 rings (SSSR count). The van der Waals surface area contributed by atoms with Crippen molar-refractivity contribution in [2.45, 2.75) is 13.0 Å². The molecule has 1 unspecified atom stereocenters. The van der Waals surface area contributed by atoms with E-state index in [1.165, 1.54) is 0 Å². The molecule has 0 radical (unpaired) electrons. The molecule has 90 valence electrons. The molecule has 1 atom stereocenters. The highest BCUT2D eigenvalue weighted by Crippen LogP contribution is 2.13. The minimum Gasteiger partial charge on any atom is -0.358 e. The zero-order valence-corrected chi connectivity index (χ0v) is 10.6. The molecule has 16 heavy (non-hydrogen) atoms. The molecule has 4 nitrogen and oxygen atoms in total. The van der Waals surface area contributed by atoms with E-state index in [1.807, 2.05) is 25.3 Å². The van der Waals surface area contributed by atoms with Gasteiger partial charge in [-0.25, -0.2) is 4.98 Å². The number of likely N-dealkylation sites (N-methyl/N-ethyl adjacent to an activating group) is 2. The first-order chi connectivity index (χ1) is 7.50. The summed E-state index contributed by atoms with van der Waals surface area (Å²) in [6.45, 7) is 3.96. The Morgan fingerprint density at radius 2 is 1.94 bits per heavy atom. The van der Waals surface area contributed by atoms with E-state index < -0.39 is 0 Å². The fourth-order valence-corrected chi connectivity index (χ4v) is 1.36. The van der Waals surface area contributed by atoms with Gasteiger partial charge in [-0.15, -0.1) is 0 Å². The van der Waals surface area contributed by atoms with E-state index in [0.29, 0.717) is 0 Å². The van der Waals surface area contributed by atoms with Crippen LogP contribution in [0.15, 0.2) is 18.3 Å². The van der Waals surface area contributed by atoms with E-state index in [0.717, 1.165) is 24.5 Å². The number of anilines is 1. The van der Waals surface area contributed by atoms with Gasteiger partial charge in [-0.05, 0) is 32.6 Å². The molecule has 0 saturated heterocycles. The maximum absolute atomic E-state index is 5.78. The number of nitrogens with two attached hydrogens (primary N) is 1. The van der Waals surface area contributed by atoms with Crippen LogP contribution in [0.1, 0.15) is 18.5 Å². The number of pyridine rings is 1. The van der Waals surface area contributed by atoms with E-state index in [2.05, 4.69) is 35.9 Å². The van der Waals surface area contributed by atoms with Crippen LogP contribution in [0.25, 0.3) is 0 Å². The molecule has 0 aliphatic rings. The third-order valence-electron chi connectivity index (χ3n) is 2.57. The van der Waals surface area contributed by atoms with Crippen LogP contribution in [0.4, 0.5) is 5.82 Å². The molecule has 2 N–H and O–H groups in total. The highest BCUT2D eigenvalue weighted by atomic mass is 15.2. The van der Waals surface area contributed by atoms with Crippen molar-refractivity contribution in [1.82, 2.24) is 9.88 Å². The number of hydrogen-bond donors (Lipinski definition) is 1. The Morgan fingerprint density at radius 3 is 2.38 bits per heavy atom. The second-order valence-corrected chi connectivity index (χ2v) is 4.46. The molecule has 0 saturated carbocycles. The van der Waals surface area contributed by atoms with E-state index in [1.54, 1.807) is 0 Å². The van der Waals surface area contributed by atoms with Crippen molar-refractivity contribution in [2.24, 2.45) is 5.73 Å². The highest BCUT2D eigenvalue weighted by Gasteiger charge is 2.04. The molecule has 0 aromatic carbocycles. The Bertz CT molecular complexity index is 305. The van der Waals surface area contributed by atoms with Crippen LogP contribution < -0.4 is 10.6 Å². The number of hydrogen-bond acceptors (Lipinski definition) is 4. The zero-order chi connectivity index (χ0) is 12.1. The standard InChI is InChI=1S/C12H22N4/c1-10(13)11-5-6-12(14-9-11)16(4)8-7-15(2)3/h5-6,9-10H,7-8,13H2,1-4H3. The number of nitrogens with zero attached hydrogens (tertiary/aromatic N) is 3. The van der Waals surface area contributed by atoms with E-state index in [-0.39, 0.29) is 6.04 Å². The van der Waals surface area contributed by atoms with Crippen LogP contribution in [0.5, 0.6) is 0 Å². The molecule has 0 fully saturated rings. The van der Waals surface area contributed by atoms with Gasteiger partial charge in [0.2, 0.25) is 0 Å². The summed E-state index contributed by atoms with van der Waals surface area (Å²) in [6.07, 6.45) is 1.85. The summed E-state index contributed by atoms with van der Waals surface area (Å²) in [5, 5.41) is 0. The predicted molar refractivity (Wildman–Crippen MR) is 68.7 cm³/mol. The van der Waals surface area contributed by atoms with Crippen LogP contribution in [-0.4, -0.2) is 44.1 Å². The summed E-state index contributed by atoms with van der Waals surface area (Å²) in [5.74, 6) is 0.992. The monoisotopic (exact) mass is 222 g/mol. The highest BCUT2D eigenvalue weighted by molar-refractivity contribution is 5.38. The molecule has 0 aliphatic carbocycles. The van der Waals surface area contributed by atoms with Crippen molar-refractivity contribution >= 4 is 5.82 Å². The van der Waals surface area contributed by atoms with E-state index in [4.69, 9.17) is 5.73 Å². The zero-order valence-electron chi connectivity index (χ0n) is 10.6. The van der Waals surface area contributed by atoms with Gasteiger partial charge in [-0.2, -0.15) is 0 Å². The van der Waals surface area contributed by atoms with Gasteiger partial charge in [0.15, 0.2) is 0 Å². The third kappa shape index (κ3) is 3.79. The second-order valence-electron chi connectivity index (χ2n) is 4.46. The van der Waals surface area contributed by atoms with Crippen molar-refractivity contribution in [1.29, 1.82) is 0 Å². The molecule has 1 aromatic rings. The number of aromatic nitrogens is 1. The predicted octanol–water partition coefficient (Wildman–Crippen LogP) is 1.10. The molecule has 1 heterocycles. The van der Waals surface area contributed by atoms with Gasteiger partial charge in [-0.1, -0.05) is 6.07 Å². The first-order valence-corrected chi connectivity index (χ1v) is 5.58. The Balaban J connectivity index is 2.59. The lowest BCUT2D eigenvalue weighted by atomic mass is 10.1. The Hall–Kier alpha value is -1.13. The summed E-state index contributed by atoms with van der Waals surface area (Å²) in [4.78, 5) is 8.71. The fraction of sp³-hybridized carbons (Fsp3) is 0.583. The molecular weight excluding hydrogens is 200 g/mol. The van der Waals surface area contributed by atoms with Crippen LogP contribution >= 0.6 is 0 Å². The van der Waals surface area contributed by atoms with Crippen LogP contribution in [0.3, 0.4) is 0 Å². The lowest BCUT2D eigenvalue weighted by Crippen LogP contribution is -2.29. The van der Waals surface area contributed by atoms with E-state index >= 15 is 0 Å². The quantitative estimate of drug-likeness (QED) is 0.810. The SMILES string of the molecule is CC(N)c1ccc(N(C)CCN(C)C)nc1. The van der Waals surface area contributed by atoms with Crippen molar-refractivity contribution in [2.75, 3.05) is 39.1 Å². The van der Waals surface area contributed by atoms with Gasteiger partial charge in [0.05, 0.1) is 0 Å². The lowest BCUT2D eigenvalue weighted by Gasteiger charge is -2.20. The third-order valence-corrected chi connectivity index (χ3v) is 2.57. The molecule has 4 heteroatoms. The van der Waals surface area contributed by atoms with Crippen LogP contribution in [-0.2, 0) is 0 Å². The van der Waals surface area contributed by atoms with Gasteiger partial charge in [-0.3, -0.25) is 0 Å². The van der Waals surface area contributed by atoms with Gasteiger partial charge in [0.1, 0.15) is 5.82 Å². The van der Waals surface area contributed by atoms with Crippen LogP contribution in [0, 0.1) is 0 Å². The van der Waals surface area contributed by atoms with Gasteiger partial charge < -0.3 is 15.5 Å². The molecular formula is C12H22N4. The fourth-order valence-electron chi connectivity index (χ4n) is 1.36. The van der Waals surface area contributed by atoms with Crippen LogP contribution in [0.2, 0.25) is 0 Å². The molecule has 0 bridgehead atoms. The smallest absolute Gasteiger partial charge is 0.128 e. The molecule has 0 aliphatic heterocycles. The van der Waals surface area contributed by atoms with Crippen molar-refractivity contribution in [3.8, 4) is 0 Å². The lowest BCUT2D eigenvalue weighted by molar-refractivity contribution is 0.416. The largest absolute Gasteiger partial charge is 0.358 e. The average molecular weight is 222 g/mol. The molecule has 1 aromatic heterocycles. The van der Waals surface area contributed by atoms with Gasteiger partial charge >= 0.3 is 0 Å². The van der Waals surface area contributed by atoms with Gasteiger partial charge in [0.25, 0.3) is 0 Å². The van der Waals surface area contributed by atoms with Crippen molar-refractivity contribution < 1.29 is 0 Å². The summed E-state index contributed by atoms with van der Waals surface area (Å²) in [6, 6.07) is 4.11. The van der Waals surface area contributed by atoms with Crippen molar-refractivity contribution in [3.05, 3.63) is 23.9 Å². The molecule has 0 spiro atoms. The topological polar surface area (TPSA) is 45.4 Å². The maximum atomic E-state index is 5.78. The van der Waals surface area contributed by atoms with Gasteiger partial charge in [0, 0.05) is 32.4 Å². The summed E-state index contributed by atoms with van der Waals surface area (Å²) in [5.41, 5.74) is 6.85. The normalized spacial score (nSPS) is 12.9. The number of rotatable bonds is 5. The summed E-state index contributed by atoms with van der Waals surface area (Å²) < 4.78 is 0. The summed E-state index contributed by atoms with van der Waals surface area (Å²) >= 11 is 0. The maximum Gasteiger partial charge on any atom is 0.128 e.